The molecule has 0 aliphatic heterocycles. The molecule has 0 spiro atoms. The normalized spacial score (nSPS) is 24.6. The van der Waals surface area contributed by atoms with Crippen LogP contribution in [0.4, 0.5) is 0 Å². The molecule has 0 amide bonds. The van der Waals surface area contributed by atoms with Crippen molar-refractivity contribution in [2.45, 2.75) is 31.4 Å². The van der Waals surface area contributed by atoms with E-state index in [4.69, 9.17) is 4.74 Å². The number of esters is 1. The van der Waals surface area contributed by atoms with Crippen molar-refractivity contribution in [2.24, 2.45) is 0 Å². The van der Waals surface area contributed by atoms with Crippen molar-refractivity contribution in [3.05, 3.63) is 18.0 Å². The minimum atomic E-state index is -0.349. The Bertz CT molecular complexity index is 375. The van der Waals surface area contributed by atoms with Gasteiger partial charge in [-0.1, -0.05) is 0 Å². The van der Waals surface area contributed by atoms with E-state index in [1.807, 2.05) is 4.68 Å². The highest BCUT2D eigenvalue weighted by molar-refractivity contribution is 5.88. The molecule has 88 valence electrons. The maximum atomic E-state index is 11.3. The highest BCUT2D eigenvalue weighted by Crippen LogP contribution is 2.31. The number of carbonyl (C=O) groups is 1. The van der Waals surface area contributed by atoms with Crippen LogP contribution in [0, 0.1) is 0 Å². The van der Waals surface area contributed by atoms with Gasteiger partial charge in [-0.2, -0.15) is 5.10 Å². The molecule has 1 fully saturated rings. The first-order valence-electron chi connectivity index (χ1n) is 5.41. The van der Waals surface area contributed by atoms with Crippen LogP contribution in [0.2, 0.25) is 0 Å². The third kappa shape index (κ3) is 1.95. The second-order valence-electron chi connectivity index (χ2n) is 3.97. The molecule has 0 saturated heterocycles. The zero-order valence-electron chi connectivity index (χ0n) is 9.55. The molecule has 2 rings (SSSR count). The van der Waals surface area contributed by atoms with Gasteiger partial charge in [0.25, 0.3) is 0 Å². The lowest BCUT2D eigenvalue weighted by molar-refractivity contribution is 0.0598. The van der Waals surface area contributed by atoms with Crippen molar-refractivity contribution in [3.8, 4) is 0 Å². The number of nitrogens with zero attached hydrogens (tertiary/aromatic N) is 2. The van der Waals surface area contributed by atoms with Crippen LogP contribution in [0.25, 0.3) is 0 Å². The first-order chi connectivity index (χ1) is 7.76. The van der Waals surface area contributed by atoms with Crippen molar-refractivity contribution >= 4 is 5.97 Å². The van der Waals surface area contributed by atoms with Gasteiger partial charge in [0.1, 0.15) is 0 Å². The summed E-state index contributed by atoms with van der Waals surface area (Å²) in [5, 5.41) is 4.20. The largest absolute Gasteiger partial charge is 0.465 e. The standard InChI is InChI=1S/C11H16N2O3/c1-15-10-5-3-4-9(10)13-7-8(6-12-13)11(14)16-2/h6-7,9-10H,3-5H2,1-2H3/t9-,10+/m1/s1. The summed E-state index contributed by atoms with van der Waals surface area (Å²) >= 11 is 0. The van der Waals surface area contributed by atoms with E-state index >= 15 is 0 Å². The Hall–Kier alpha value is -1.36. The number of hydrogen-bond donors (Lipinski definition) is 0. The quantitative estimate of drug-likeness (QED) is 0.728. The van der Waals surface area contributed by atoms with E-state index in [-0.39, 0.29) is 18.1 Å². The van der Waals surface area contributed by atoms with Crippen LogP contribution in [-0.2, 0) is 9.47 Å². The van der Waals surface area contributed by atoms with E-state index in [0.29, 0.717) is 5.56 Å². The Balaban J connectivity index is 2.15. The smallest absolute Gasteiger partial charge is 0.341 e. The molecule has 1 heterocycles. The predicted molar refractivity (Wildman–Crippen MR) is 57.3 cm³/mol. The van der Waals surface area contributed by atoms with Crippen molar-refractivity contribution in [2.75, 3.05) is 14.2 Å². The fourth-order valence-corrected chi connectivity index (χ4v) is 2.23. The number of rotatable bonds is 3. The van der Waals surface area contributed by atoms with Crippen molar-refractivity contribution in [3.63, 3.8) is 0 Å². The molecule has 0 unspecified atom stereocenters. The number of hydrogen-bond acceptors (Lipinski definition) is 4. The topological polar surface area (TPSA) is 53.3 Å². The van der Waals surface area contributed by atoms with E-state index in [2.05, 4.69) is 9.84 Å². The van der Waals surface area contributed by atoms with E-state index in [1.54, 1.807) is 13.3 Å². The molecule has 5 nitrogen and oxygen atoms in total. The number of methoxy groups -OCH3 is 2. The molecule has 16 heavy (non-hydrogen) atoms. The molecule has 1 aromatic heterocycles. The Kier molecular flexibility index (Phi) is 3.24. The van der Waals surface area contributed by atoms with Crippen LogP contribution >= 0.6 is 0 Å². The van der Waals surface area contributed by atoms with Gasteiger partial charge in [-0.05, 0) is 19.3 Å². The Morgan fingerprint density at radius 2 is 2.31 bits per heavy atom. The van der Waals surface area contributed by atoms with Gasteiger partial charge < -0.3 is 9.47 Å². The lowest BCUT2D eigenvalue weighted by atomic mass is 10.2. The molecule has 2 atom stereocenters. The van der Waals surface area contributed by atoms with Gasteiger partial charge >= 0.3 is 5.97 Å². The molecule has 1 saturated carbocycles. The summed E-state index contributed by atoms with van der Waals surface area (Å²) in [6.07, 6.45) is 6.70. The van der Waals surface area contributed by atoms with Gasteiger partial charge in [0.05, 0.1) is 31.0 Å². The molecule has 0 bridgehead atoms. The third-order valence-electron chi connectivity index (χ3n) is 3.08. The van der Waals surface area contributed by atoms with Gasteiger partial charge in [-0.3, -0.25) is 4.68 Å². The molecule has 0 aromatic carbocycles. The molecule has 1 aliphatic rings. The minimum absolute atomic E-state index is 0.199. The molecule has 0 radical (unpaired) electrons. The molecule has 1 aromatic rings. The van der Waals surface area contributed by atoms with E-state index in [1.165, 1.54) is 13.3 Å². The zero-order valence-corrected chi connectivity index (χ0v) is 9.55. The van der Waals surface area contributed by atoms with Crippen LogP contribution < -0.4 is 0 Å². The van der Waals surface area contributed by atoms with Crippen molar-refractivity contribution in [1.29, 1.82) is 0 Å². The van der Waals surface area contributed by atoms with Crippen LogP contribution in [0.15, 0.2) is 12.4 Å². The van der Waals surface area contributed by atoms with Gasteiger partial charge in [-0.25, -0.2) is 4.79 Å². The summed E-state index contributed by atoms with van der Waals surface area (Å²) in [5.41, 5.74) is 0.490. The average molecular weight is 224 g/mol. The average Bonchev–Trinajstić information content (AvgIpc) is 2.95. The monoisotopic (exact) mass is 224 g/mol. The van der Waals surface area contributed by atoms with Gasteiger partial charge in [0, 0.05) is 13.3 Å². The van der Waals surface area contributed by atoms with Crippen LogP contribution in [-0.4, -0.2) is 36.1 Å². The SMILES string of the molecule is COC(=O)c1cnn([C@@H]2CCC[C@@H]2OC)c1. The lowest BCUT2D eigenvalue weighted by Gasteiger charge is -2.18. The fraction of sp³-hybridized carbons (Fsp3) is 0.636. The van der Waals surface area contributed by atoms with Crippen LogP contribution in [0.5, 0.6) is 0 Å². The molecule has 1 aliphatic carbocycles. The fourth-order valence-electron chi connectivity index (χ4n) is 2.23. The lowest BCUT2D eigenvalue weighted by Crippen LogP contribution is -2.20. The van der Waals surface area contributed by atoms with Crippen LogP contribution in [0.3, 0.4) is 0 Å². The van der Waals surface area contributed by atoms with Gasteiger partial charge in [-0.15, -0.1) is 0 Å². The van der Waals surface area contributed by atoms with E-state index in [9.17, 15) is 4.79 Å². The zero-order chi connectivity index (χ0) is 11.5. The highest BCUT2D eigenvalue weighted by Gasteiger charge is 2.29. The maximum absolute atomic E-state index is 11.3. The molecule has 5 heteroatoms. The van der Waals surface area contributed by atoms with Gasteiger partial charge in [0.15, 0.2) is 0 Å². The third-order valence-corrected chi connectivity index (χ3v) is 3.08. The second-order valence-corrected chi connectivity index (χ2v) is 3.97. The first kappa shape index (κ1) is 11.1. The number of carbonyl (C=O) groups excluding carboxylic acids is 1. The summed E-state index contributed by atoms with van der Waals surface area (Å²) in [4.78, 5) is 11.3. The van der Waals surface area contributed by atoms with Crippen LogP contribution in [0.1, 0.15) is 35.7 Å². The summed E-state index contributed by atoms with van der Waals surface area (Å²) in [6, 6.07) is 0.239. The summed E-state index contributed by atoms with van der Waals surface area (Å²) in [6.45, 7) is 0. The van der Waals surface area contributed by atoms with Gasteiger partial charge in [0.2, 0.25) is 0 Å². The Labute approximate surface area is 94.3 Å². The first-order valence-corrected chi connectivity index (χ1v) is 5.41. The Morgan fingerprint density at radius 1 is 1.50 bits per heavy atom. The van der Waals surface area contributed by atoms with Crippen molar-refractivity contribution in [1.82, 2.24) is 9.78 Å². The summed E-state index contributed by atoms with van der Waals surface area (Å²) in [7, 11) is 3.08. The Morgan fingerprint density at radius 3 is 3.00 bits per heavy atom. The summed E-state index contributed by atoms with van der Waals surface area (Å²) < 4.78 is 11.9. The number of ether oxygens (including phenoxy) is 2. The maximum Gasteiger partial charge on any atom is 0.341 e. The second kappa shape index (κ2) is 4.65. The molecular formula is C11H16N2O3. The van der Waals surface area contributed by atoms with Crippen molar-refractivity contribution < 1.29 is 14.3 Å². The predicted octanol–water partition coefficient (Wildman–Crippen LogP) is 1.41. The molecule has 0 N–H and O–H groups in total. The molecular weight excluding hydrogens is 208 g/mol. The van der Waals surface area contributed by atoms with E-state index < -0.39 is 0 Å². The highest BCUT2D eigenvalue weighted by atomic mass is 16.5. The van der Waals surface area contributed by atoms with E-state index in [0.717, 1.165) is 19.3 Å². The minimum Gasteiger partial charge on any atom is -0.465 e. The number of aromatic nitrogens is 2. The summed E-state index contributed by atoms with van der Waals surface area (Å²) in [5.74, 6) is -0.349.